The zero-order valence-electron chi connectivity index (χ0n) is 14.6. The van der Waals surface area contributed by atoms with E-state index in [1.807, 2.05) is 29.2 Å². The van der Waals surface area contributed by atoms with Gasteiger partial charge in [-0.15, -0.1) is 0 Å². The molecule has 136 valence electrons. The fourth-order valence-electron chi connectivity index (χ4n) is 3.37. The van der Waals surface area contributed by atoms with Crippen LogP contribution in [0.15, 0.2) is 24.3 Å². The van der Waals surface area contributed by atoms with Crippen LogP contribution in [0.1, 0.15) is 19.8 Å². The zero-order chi connectivity index (χ0) is 17.8. The summed E-state index contributed by atoms with van der Waals surface area (Å²) in [6.45, 7) is 6.19. The number of halogens is 1. The van der Waals surface area contributed by atoms with Gasteiger partial charge in [-0.25, -0.2) is 4.79 Å². The molecule has 2 aliphatic rings. The number of carbonyl (C=O) groups excluding carboxylic acids is 2. The summed E-state index contributed by atoms with van der Waals surface area (Å²) in [6.07, 6.45) is 2.11. The molecule has 0 spiro atoms. The van der Waals surface area contributed by atoms with Gasteiger partial charge in [0, 0.05) is 50.0 Å². The highest BCUT2D eigenvalue weighted by Gasteiger charge is 2.27. The maximum Gasteiger partial charge on any atom is 0.318 e. The second kappa shape index (κ2) is 7.95. The molecule has 2 saturated heterocycles. The maximum atomic E-state index is 12.4. The van der Waals surface area contributed by atoms with E-state index in [4.69, 9.17) is 11.6 Å². The Balaban J connectivity index is 1.47. The van der Waals surface area contributed by atoms with Gasteiger partial charge in [0.2, 0.25) is 5.91 Å². The second-order valence-corrected chi connectivity index (χ2v) is 7.09. The molecule has 0 bridgehead atoms. The van der Waals surface area contributed by atoms with Gasteiger partial charge in [-0.3, -0.25) is 4.79 Å². The quantitative estimate of drug-likeness (QED) is 0.894. The third-order valence-corrected chi connectivity index (χ3v) is 5.14. The van der Waals surface area contributed by atoms with Crippen molar-refractivity contribution < 1.29 is 9.59 Å². The fourth-order valence-corrected chi connectivity index (χ4v) is 3.50. The van der Waals surface area contributed by atoms with Crippen LogP contribution in [-0.4, -0.2) is 67.0 Å². The number of piperazine rings is 1. The van der Waals surface area contributed by atoms with Crippen molar-refractivity contribution in [1.82, 2.24) is 15.1 Å². The highest BCUT2D eigenvalue weighted by atomic mass is 35.5. The number of hydrogen-bond acceptors (Lipinski definition) is 3. The SMILES string of the molecule is C[C@@H](NC(=O)N1CCN(c2ccc(Cl)cc2)CC1)C(=O)N1CCCC1. The summed E-state index contributed by atoms with van der Waals surface area (Å²) in [4.78, 5) is 30.6. The first-order valence-corrected chi connectivity index (χ1v) is 9.27. The first-order valence-electron chi connectivity index (χ1n) is 8.89. The van der Waals surface area contributed by atoms with E-state index in [1.54, 1.807) is 11.8 Å². The van der Waals surface area contributed by atoms with Crippen LogP contribution >= 0.6 is 11.6 Å². The Morgan fingerprint density at radius 1 is 0.960 bits per heavy atom. The Morgan fingerprint density at radius 3 is 2.16 bits per heavy atom. The Kier molecular flexibility index (Phi) is 5.68. The Morgan fingerprint density at radius 2 is 1.56 bits per heavy atom. The topological polar surface area (TPSA) is 55.9 Å². The normalized spacial score (nSPS) is 19.0. The molecule has 3 rings (SSSR count). The zero-order valence-corrected chi connectivity index (χ0v) is 15.3. The van der Waals surface area contributed by atoms with Gasteiger partial charge < -0.3 is 20.0 Å². The minimum absolute atomic E-state index is 0.0191. The number of benzene rings is 1. The lowest BCUT2D eigenvalue weighted by Crippen LogP contribution is -2.55. The van der Waals surface area contributed by atoms with Crippen LogP contribution in [0.4, 0.5) is 10.5 Å². The number of likely N-dealkylation sites (tertiary alicyclic amines) is 1. The van der Waals surface area contributed by atoms with Gasteiger partial charge in [-0.2, -0.15) is 0 Å². The van der Waals surface area contributed by atoms with E-state index in [0.717, 1.165) is 49.7 Å². The summed E-state index contributed by atoms with van der Waals surface area (Å²) < 4.78 is 0. The van der Waals surface area contributed by atoms with Crippen molar-refractivity contribution in [2.45, 2.75) is 25.8 Å². The van der Waals surface area contributed by atoms with E-state index in [0.29, 0.717) is 13.1 Å². The molecule has 6 nitrogen and oxygen atoms in total. The smallest absolute Gasteiger partial charge is 0.318 e. The van der Waals surface area contributed by atoms with Crippen molar-refractivity contribution in [2.75, 3.05) is 44.2 Å². The van der Waals surface area contributed by atoms with Gasteiger partial charge in [0.15, 0.2) is 0 Å². The number of amides is 3. The average molecular weight is 365 g/mol. The van der Waals surface area contributed by atoms with Gasteiger partial charge >= 0.3 is 6.03 Å². The van der Waals surface area contributed by atoms with Crippen molar-refractivity contribution in [3.8, 4) is 0 Å². The molecular formula is C18H25ClN4O2. The Hall–Kier alpha value is -1.95. The maximum absolute atomic E-state index is 12.4. The number of carbonyl (C=O) groups is 2. The summed E-state index contributed by atoms with van der Waals surface area (Å²) >= 11 is 5.93. The molecule has 2 aliphatic heterocycles. The molecule has 1 N–H and O–H groups in total. The minimum atomic E-state index is -0.472. The molecule has 3 amide bonds. The first kappa shape index (κ1) is 17.9. The number of nitrogens with zero attached hydrogens (tertiary/aromatic N) is 3. The van der Waals surface area contributed by atoms with Gasteiger partial charge in [-0.05, 0) is 44.0 Å². The van der Waals surface area contributed by atoms with E-state index in [1.165, 1.54) is 0 Å². The Bertz CT molecular complexity index is 608. The first-order chi connectivity index (χ1) is 12.0. The third kappa shape index (κ3) is 4.37. The molecule has 0 saturated carbocycles. The van der Waals surface area contributed by atoms with Crippen LogP contribution in [-0.2, 0) is 4.79 Å². The van der Waals surface area contributed by atoms with Gasteiger partial charge in [0.05, 0.1) is 0 Å². The van der Waals surface area contributed by atoms with Crippen molar-refractivity contribution in [3.05, 3.63) is 29.3 Å². The number of urea groups is 1. The second-order valence-electron chi connectivity index (χ2n) is 6.65. The van der Waals surface area contributed by atoms with E-state index in [2.05, 4.69) is 10.2 Å². The third-order valence-electron chi connectivity index (χ3n) is 4.89. The average Bonchev–Trinajstić information content (AvgIpc) is 3.16. The molecule has 2 fully saturated rings. The molecule has 1 aromatic carbocycles. The van der Waals surface area contributed by atoms with Crippen LogP contribution in [0.3, 0.4) is 0 Å². The minimum Gasteiger partial charge on any atom is -0.368 e. The van der Waals surface area contributed by atoms with E-state index in [9.17, 15) is 9.59 Å². The molecule has 1 atom stereocenters. The predicted molar refractivity (Wildman–Crippen MR) is 99.0 cm³/mol. The highest BCUT2D eigenvalue weighted by molar-refractivity contribution is 6.30. The molecular weight excluding hydrogens is 340 g/mol. The summed E-state index contributed by atoms with van der Waals surface area (Å²) in [5.74, 6) is 0.0191. The fraction of sp³-hybridized carbons (Fsp3) is 0.556. The van der Waals surface area contributed by atoms with Crippen molar-refractivity contribution >= 4 is 29.2 Å². The largest absolute Gasteiger partial charge is 0.368 e. The van der Waals surface area contributed by atoms with Crippen LogP contribution in [0.25, 0.3) is 0 Å². The Labute approximate surface area is 153 Å². The summed E-state index contributed by atoms with van der Waals surface area (Å²) in [6, 6.07) is 7.11. The van der Waals surface area contributed by atoms with Crippen LogP contribution < -0.4 is 10.2 Å². The lowest BCUT2D eigenvalue weighted by Gasteiger charge is -2.36. The molecule has 0 unspecified atom stereocenters. The molecule has 0 radical (unpaired) electrons. The summed E-state index contributed by atoms with van der Waals surface area (Å²) in [5.41, 5.74) is 1.11. The van der Waals surface area contributed by atoms with Gasteiger partial charge in [0.25, 0.3) is 0 Å². The van der Waals surface area contributed by atoms with E-state index >= 15 is 0 Å². The van der Waals surface area contributed by atoms with Crippen LogP contribution in [0.5, 0.6) is 0 Å². The molecule has 0 aliphatic carbocycles. The predicted octanol–water partition coefficient (Wildman–Crippen LogP) is 2.18. The van der Waals surface area contributed by atoms with E-state index in [-0.39, 0.29) is 11.9 Å². The van der Waals surface area contributed by atoms with Gasteiger partial charge in [-0.1, -0.05) is 11.6 Å². The molecule has 25 heavy (non-hydrogen) atoms. The highest BCUT2D eigenvalue weighted by Crippen LogP contribution is 2.19. The monoisotopic (exact) mass is 364 g/mol. The number of rotatable bonds is 3. The lowest BCUT2D eigenvalue weighted by atomic mass is 10.2. The number of hydrogen-bond donors (Lipinski definition) is 1. The van der Waals surface area contributed by atoms with Gasteiger partial charge in [0.1, 0.15) is 6.04 Å². The lowest BCUT2D eigenvalue weighted by molar-refractivity contribution is -0.131. The molecule has 2 heterocycles. The van der Waals surface area contributed by atoms with Crippen molar-refractivity contribution in [1.29, 1.82) is 0 Å². The van der Waals surface area contributed by atoms with E-state index < -0.39 is 6.04 Å². The standard InChI is InChI=1S/C18H25ClN4O2/c1-14(17(24)22-8-2-3-9-22)20-18(25)23-12-10-21(11-13-23)16-6-4-15(19)5-7-16/h4-7,14H,2-3,8-13H2,1H3,(H,20,25)/t14-/m1/s1. The molecule has 1 aromatic rings. The number of nitrogens with one attached hydrogen (secondary N) is 1. The molecule has 0 aromatic heterocycles. The van der Waals surface area contributed by atoms with Crippen molar-refractivity contribution in [3.63, 3.8) is 0 Å². The molecule has 7 heteroatoms. The van der Waals surface area contributed by atoms with Crippen LogP contribution in [0, 0.1) is 0 Å². The summed E-state index contributed by atoms with van der Waals surface area (Å²) in [5, 5.41) is 3.57. The van der Waals surface area contributed by atoms with Crippen LogP contribution in [0.2, 0.25) is 5.02 Å². The summed E-state index contributed by atoms with van der Waals surface area (Å²) in [7, 11) is 0. The van der Waals surface area contributed by atoms with Crippen molar-refractivity contribution in [2.24, 2.45) is 0 Å². The number of anilines is 1.